The van der Waals surface area contributed by atoms with Crippen LogP contribution >= 0.6 is 0 Å². The Bertz CT molecular complexity index is 261. The summed E-state index contributed by atoms with van der Waals surface area (Å²) in [6, 6.07) is 0.430. The lowest BCUT2D eigenvalue weighted by molar-refractivity contribution is 0.0699. The van der Waals surface area contributed by atoms with Gasteiger partial charge in [-0.25, -0.2) is 0 Å². The molecule has 0 aromatic heterocycles. The van der Waals surface area contributed by atoms with Crippen molar-refractivity contribution in [2.24, 2.45) is 0 Å². The minimum atomic E-state index is -1.74. The zero-order valence-corrected chi connectivity index (χ0v) is 14.9. The molecular weight excluding hydrogens is 254 g/mol. The third kappa shape index (κ3) is 7.25. The Labute approximate surface area is 120 Å². The molecule has 19 heavy (non-hydrogen) atoms. The summed E-state index contributed by atoms with van der Waals surface area (Å²) in [5.74, 6) is 0. The van der Waals surface area contributed by atoms with E-state index in [2.05, 4.69) is 52.7 Å². The van der Waals surface area contributed by atoms with Crippen molar-refractivity contribution in [2.45, 2.75) is 64.4 Å². The fourth-order valence-corrected chi connectivity index (χ4v) is 2.92. The van der Waals surface area contributed by atoms with Crippen LogP contribution in [0.2, 0.25) is 18.1 Å². The summed E-state index contributed by atoms with van der Waals surface area (Å²) in [5.41, 5.74) is 0. The average molecular weight is 288 g/mol. The smallest absolute Gasteiger partial charge is 0.192 e. The summed E-state index contributed by atoms with van der Waals surface area (Å²) >= 11 is 0. The molecule has 0 rings (SSSR count). The molecule has 1 N–H and O–H groups in total. The number of hydrogen-bond acceptors (Lipinski definition) is 3. The highest BCUT2D eigenvalue weighted by molar-refractivity contribution is 6.74. The first-order valence-corrected chi connectivity index (χ1v) is 10.1. The number of hydrogen-bond donors (Lipinski definition) is 1. The molecule has 0 aliphatic rings. The lowest BCUT2D eigenvalue weighted by Crippen LogP contribution is -2.48. The molecule has 0 aromatic carbocycles. The van der Waals surface area contributed by atoms with Crippen molar-refractivity contribution in [3.8, 4) is 0 Å². The zero-order valence-electron chi connectivity index (χ0n) is 13.9. The molecule has 4 heteroatoms. The molecule has 114 valence electrons. The van der Waals surface area contributed by atoms with E-state index in [0.717, 1.165) is 13.0 Å². The topological polar surface area (TPSA) is 30.5 Å². The molecule has 0 heterocycles. The maximum absolute atomic E-state index is 6.40. The van der Waals surface area contributed by atoms with Crippen molar-refractivity contribution >= 4 is 8.32 Å². The molecule has 3 nitrogen and oxygen atoms in total. The number of rotatable bonds is 9. The second kappa shape index (κ2) is 8.20. The Hall–Kier alpha value is -0.163. The lowest BCUT2D eigenvalue weighted by Gasteiger charge is -2.39. The first kappa shape index (κ1) is 18.8. The minimum absolute atomic E-state index is 0.123. The van der Waals surface area contributed by atoms with E-state index in [1.807, 2.05) is 6.08 Å². The van der Waals surface area contributed by atoms with E-state index in [1.165, 1.54) is 0 Å². The van der Waals surface area contributed by atoms with E-state index in [4.69, 9.17) is 9.16 Å². The van der Waals surface area contributed by atoms with Crippen molar-refractivity contribution in [1.82, 2.24) is 5.32 Å². The van der Waals surface area contributed by atoms with E-state index in [0.29, 0.717) is 12.6 Å². The molecule has 0 saturated heterocycles. The van der Waals surface area contributed by atoms with Gasteiger partial charge in [-0.05, 0) is 31.5 Å². The van der Waals surface area contributed by atoms with Crippen LogP contribution in [0.3, 0.4) is 0 Å². The molecule has 0 aliphatic carbocycles. The predicted octanol–water partition coefficient (Wildman–Crippen LogP) is 3.58. The Morgan fingerprint density at radius 3 is 2.32 bits per heavy atom. The summed E-state index contributed by atoms with van der Waals surface area (Å²) in [6.07, 6.45) is 3.04. The maximum Gasteiger partial charge on any atom is 0.192 e. The quantitative estimate of drug-likeness (QED) is 0.519. The Balaban J connectivity index is 4.44. The highest BCUT2D eigenvalue weighted by Gasteiger charge is 2.39. The van der Waals surface area contributed by atoms with Crippen molar-refractivity contribution in [3.63, 3.8) is 0 Å². The zero-order chi connectivity index (χ0) is 15.1. The second-order valence-electron chi connectivity index (χ2n) is 6.79. The molecule has 0 fully saturated rings. The normalized spacial score (nSPS) is 16.2. The molecule has 1 unspecified atom stereocenters. The first-order chi connectivity index (χ1) is 8.64. The van der Waals surface area contributed by atoms with Crippen LogP contribution in [0.1, 0.15) is 34.1 Å². The van der Waals surface area contributed by atoms with Gasteiger partial charge in [-0.15, -0.1) is 6.58 Å². The monoisotopic (exact) mass is 287 g/mol. The van der Waals surface area contributed by atoms with Crippen LogP contribution < -0.4 is 5.32 Å². The highest BCUT2D eigenvalue weighted by atomic mass is 28.4. The van der Waals surface area contributed by atoms with Gasteiger partial charge in [-0.1, -0.05) is 26.8 Å². The number of ether oxygens (including phenoxy) is 1. The summed E-state index contributed by atoms with van der Waals surface area (Å²) in [4.78, 5) is 0. The van der Waals surface area contributed by atoms with Gasteiger partial charge in [0.1, 0.15) is 0 Å². The van der Waals surface area contributed by atoms with Gasteiger partial charge < -0.3 is 14.5 Å². The first-order valence-electron chi connectivity index (χ1n) is 7.15. The summed E-state index contributed by atoms with van der Waals surface area (Å²) in [6.45, 7) is 18.7. The lowest BCUT2D eigenvalue weighted by atomic mass is 10.2. The summed E-state index contributed by atoms with van der Waals surface area (Å²) < 4.78 is 11.7. The van der Waals surface area contributed by atoms with E-state index in [9.17, 15) is 0 Å². The molecule has 0 saturated carbocycles. The van der Waals surface area contributed by atoms with Gasteiger partial charge >= 0.3 is 0 Å². The molecule has 0 spiro atoms. The van der Waals surface area contributed by atoms with Crippen molar-refractivity contribution in [2.75, 3.05) is 20.3 Å². The van der Waals surface area contributed by atoms with Crippen LogP contribution in [0.5, 0.6) is 0 Å². The van der Waals surface area contributed by atoms with Crippen molar-refractivity contribution in [1.29, 1.82) is 0 Å². The minimum Gasteiger partial charge on any atom is -0.410 e. The van der Waals surface area contributed by atoms with Crippen LogP contribution in [0.25, 0.3) is 0 Å². The van der Waals surface area contributed by atoms with Gasteiger partial charge in [0.25, 0.3) is 0 Å². The molecule has 0 amide bonds. The predicted molar refractivity (Wildman–Crippen MR) is 86.2 cm³/mol. The van der Waals surface area contributed by atoms with Crippen molar-refractivity contribution < 1.29 is 9.16 Å². The van der Waals surface area contributed by atoms with Gasteiger partial charge in [0, 0.05) is 19.7 Å². The molecule has 2 atom stereocenters. The van der Waals surface area contributed by atoms with Gasteiger partial charge in [0.15, 0.2) is 8.32 Å². The molecular formula is C15H33NO2Si. The van der Waals surface area contributed by atoms with Gasteiger partial charge in [-0.2, -0.15) is 0 Å². The van der Waals surface area contributed by atoms with Crippen LogP contribution in [0, 0.1) is 0 Å². The van der Waals surface area contributed by atoms with Gasteiger partial charge in [-0.3, -0.25) is 0 Å². The van der Waals surface area contributed by atoms with Crippen LogP contribution in [0.4, 0.5) is 0 Å². The Morgan fingerprint density at radius 1 is 1.32 bits per heavy atom. The van der Waals surface area contributed by atoms with E-state index >= 15 is 0 Å². The highest BCUT2D eigenvalue weighted by Crippen LogP contribution is 2.37. The van der Waals surface area contributed by atoms with Crippen molar-refractivity contribution in [3.05, 3.63) is 12.7 Å². The maximum atomic E-state index is 6.40. The van der Waals surface area contributed by atoms with Crippen LogP contribution in [0.15, 0.2) is 12.7 Å². The third-order valence-corrected chi connectivity index (χ3v) is 8.37. The van der Waals surface area contributed by atoms with Crippen LogP contribution in [-0.2, 0) is 9.16 Å². The summed E-state index contributed by atoms with van der Waals surface area (Å²) in [7, 11) is -0.00456. The fraction of sp³-hybridized carbons (Fsp3) is 0.867. The summed E-state index contributed by atoms with van der Waals surface area (Å²) in [5, 5.41) is 3.72. The molecule has 0 bridgehead atoms. The number of methoxy groups -OCH3 is 1. The number of nitrogens with one attached hydrogen (secondary N) is 1. The largest absolute Gasteiger partial charge is 0.410 e. The molecule has 0 aromatic rings. The van der Waals surface area contributed by atoms with E-state index < -0.39 is 8.32 Å². The molecule has 0 aliphatic heterocycles. The molecule has 0 radical (unpaired) electrons. The fourth-order valence-electron chi connectivity index (χ4n) is 1.58. The van der Waals surface area contributed by atoms with Gasteiger partial charge in [0.2, 0.25) is 0 Å². The average Bonchev–Trinajstić information content (AvgIpc) is 2.24. The van der Waals surface area contributed by atoms with E-state index in [-0.39, 0.29) is 11.1 Å². The second-order valence-corrected chi connectivity index (χ2v) is 11.5. The van der Waals surface area contributed by atoms with Crippen LogP contribution in [-0.4, -0.2) is 40.7 Å². The third-order valence-electron chi connectivity index (χ3n) is 3.83. The standard InChI is InChI=1S/C15H33NO2Si/c1-9-10-13(2)16-11-14(12-17-6)18-19(7,8)15(3,4)5/h9,13-14,16H,1,10-12H2,2-8H3/t13?,14-/m1/s1. The Morgan fingerprint density at radius 2 is 1.89 bits per heavy atom. The van der Waals surface area contributed by atoms with Gasteiger partial charge in [0.05, 0.1) is 12.7 Å². The SMILES string of the molecule is C=CCC(C)NC[C@H](COC)O[Si](C)(C)C(C)(C)C. The Kier molecular flexibility index (Phi) is 8.13. The van der Waals surface area contributed by atoms with E-state index in [1.54, 1.807) is 7.11 Å².